The average molecular weight is 421 g/mol. The predicted molar refractivity (Wildman–Crippen MR) is 114 cm³/mol. The number of furan rings is 1. The van der Waals surface area contributed by atoms with Crippen LogP contribution in [0.1, 0.15) is 24.8 Å². The zero-order chi connectivity index (χ0) is 21.6. The molecule has 2 N–H and O–H groups in total. The van der Waals surface area contributed by atoms with E-state index < -0.39 is 0 Å². The van der Waals surface area contributed by atoms with Crippen molar-refractivity contribution in [3.8, 4) is 17.2 Å². The Morgan fingerprint density at radius 1 is 1.19 bits per heavy atom. The number of aromatic nitrogens is 4. The van der Waals surface area contributed by atoms with E-state index in [0.717, 1.165) is 29.5 Å². The number of unbranched alkanes of at least 4 members (excludes halogenated alkanes) is 1. The minimum Gasteiger partial charge on any atom is -0.494 e. The maximum absolute atomic E-state index is 11.1. The molecule has 0 unspecified atom stereocenters. The fourth-order valence-corrected chi connectivity index (χ4v) is 3.26. The van der Waals surface area contributed by atoms with Gasteiger partial charge in [-0.2, -0.15) is 10.1 Å². The zero-order valence-electron chi connectivity index (χ0n) is 17.2. The van der Waals surface area contributed by atoms with Crippen LogP contribution in [0, 0.1) is 0 Å². The molecule has 0 saturated carbocycles. The highest BCUT2D eigenvalue weighted by Crippen LogP contribution is 2.27. The number of nitrogens with two attached hydrogens (primary N) is 1. The number of benzene rings is 1. The molecule has 9 heteroatoms. The fraction of sp³-hybridized carbons (Fsp3) is 0.273. The molecule has 0 spiro atoms. The summed E-state index contributed by atoms with van der Waals surface area (Å²) in [5, 5.41) is 5.24. The number of hydrogen-bond acceptors (Lipinski definition) is 8. The van der Waals surface area contributed by atoms with Crippen LogP contribution < -0.4 is 10.5 Å². The lowest BCUT2D eigenvalue weighted by Crippen LogP contribution is -2.06. The van der Waals surface area contributed by atoms with Crippen molar-refractivity contribution in [3.63, 3.8) is 0 Å². The van der Waals surface area contributed by atoms with Gasteiger partial charge in [-0.1, -0.05) is 12.1 Å². The van der Waals surface area contributed by atoms with Crippen molar-refractivity contribution in [2.45, 2.75) is 25.8 Å². The number of anilines is 1. The van der Waals surface area contributed by atoms with Crippen LogP contribution in [0.5, 0.6) is 5.75 Å². The minimum absolute atomic E-state index is 0.157. The number of nitrogens with zero attached hydrogens (tertiary/aromatic N) is 4. The number of ether oxygens (including phenoxy) is 2. The molecule has 0 atom stereocenters. The van der Waals surface area contributed by atoms with Crippen molar-refractivity contribution in [1.82, 2.24) is 19.7 Å². The van der Waals surface area contributed by atoms with Crippen LogP contribution in [-0.2, 0) is 16.1 Å². The summed E-state index contributed by atoms with van der Waals surface area (Å²) in [7, 11) is 1.39. The Labute approximate surface area is 178 Å². The number of carbonyl (C=O) groups is 1. The topological polar surface area (TPSA) is 118 Å². The molecule has 3 heterocycles. The van der Waals surface area contributed by atoms with Crippen LogP contribution in [0.4, 0.5) is 5.95 Å². The van der Waals surface area contributed by atoms with Crippen LogP contribution in [0.3, 0.4) is 0 Å². The second-order valence-electron chi connectivity index (χ2n) is 6.98. The summed E-state index contributed by atoms with van der Waals surface area (Å²) in [4.78, 5) is 19.8. The Bertz CT molecular complexity index is 1170. The van der Waals surface area contributed by atoms with E-state index in [2.05, 4.69) is 19.8 Å². The molecule has 3 aromatic heterocycles. The second-order valence-corrected chi connectivity index (χ2v) is 6.98. The predicted octanol–water partition coefficient (Wildman–Crippen LogP) is 3.44. The largest absolute Gasteiger partial charge is 0.494 e. The third kappa shape index (κ3) is 4.82. The summed E-state index contributed by atoms with van der Waals surface area (Å²) in [6, 6.07) is 11.4. The Balaban J connectivity index is 1.46. The van der Waals surface area contributed by atoms with E-state index in [1.807, 2.05) is 30.3 Å². The maximum atomic E-state index is 11.1. The molecule has 31 heavy (non-hydrogen) atoms. The maximum Gasteiger partial charge on any atom is 0.305 e. The van der Waals surface area contributed by atoms with Crippen LogP contribution >= 0.6 is 0 Å². The van der Waals surface area contributed by atoms with Gasteiger partial charge in [-0.25, -0.2) is 9.67 Å². The highest BCUT2D eigenvalue weighted by molar-refractivity contribution is 5.89. The number of fused-ring (bicyclic) bond motifs is 1. The standard InChI is InChI=1S/C22H23N5O4/c1-29-19(28)9-2-3-10-30-16-7-4-6-15(12-16)14-27-21-17(13-24-27)20(25-22(23)26-21)18-8-5-11-31-18/h4-8,11-13H,2-3,9-10,14H2,1H3,(H2,23,25,26). The Morgan fingerprint density at radius 2 is 2.10 bits per heavy atom. The molecule has 4 aromatic rings. The van der Waals surface area contributed by atoms with Gasteiger partial charge in [0.05, 0.1) is 38.1 Å². The van der Waals surface area contributed by atoms with Gasteiger partial charge in [0.1, 0.15) is 11.4 Å². The summed E-state index contributed by atoms with van der Waals surface area (Å²) < 4.78 is 17.7. The molecule has 0 fully saturated rings. The number of rotatable bonds is 9. The van der Waals surface area contributed by atoms with E-state index in [4.69, 9.17) is 14.9 Å². The normalized spacial score (nSPS) is 11.0. The summed E-state index contributed by atoms with van der Waals surface area (Å²) >= 11 is 0. The van der Waals surface area contributed by atoms with Gasteiger partial charge in [0.25, 0.3) is 0 Å². The molecule has 0 saturated heterocycles. The van der Waals surface area contributed by atoms with Crippen molar-refractivity contribution in [2.24, 2.45) is 0 Å². The van der Waals surface area contributed by atoms with Gasteiger partial charge < -0.3 is 19.6 Å². The fourth-order valence-electron chi connectivity index (χ4n) is 3.26. The lowest BCUT2D eigenvalue weighted by atomic mass is 10.2. The molecule has 4 rings (SSSR count). The van der Waals surface area contributed by atoms with Gasteiger partial charge in [-0.15, -0.1) is 0 Å². The second kappa shape index (κ2) is 9.29. The molecule has 0 aliphatic carbocycles. The van der Waals surface area contributed by atoms with Crippen LogP contribution in [0.15, 0.2) is 53.3 Å². The molecule has 160 valence electrons. The first-order valence-electron chi connectivity index (χ1n) is 9.95. The summed E-state index contributed by atoms with van der Waals surface area (Å²) in [6.45, 7) is 1.03. The molecule has 0 aliphatic rings. The number of carbonyl (C=O) groups excluding carboxylic acids is 1. The first-order valence-corrected chi connectivity index (χ1v) is 9.95. The average Bonchev–Trinajstić information content (AvgIpc) is 3.44. The van der Waals surface area contributed by atoms with Gasteiger partial charge in [0, 0.05) is 6.42 Å². The summed E-state index contributed by atoms with van der Waals surface area (Å²) in [6.07, 6.45) is 5.20. The number of nitrogen functional groups attached to an aromatic ring is 1. The van der Waals surface area contributed by atoms with Crippen molar-refractivity contribution in [3.05, 3.63) is 54.4 Å². The lowest BCUT2D eigenvalue weighted by Gasteiger charge is -2.09. The Kier molecular flexibility index (Phi) is 6.11. The van der Waals surface area contributed by atoms with Crippen LogP contribution in [-0.4, -0.2) is 39.4 Å². The van der Waals surface area contributed by atoms with E-state index in [0.29, 0.717) is 36.7 Å². The molecular formula is C22H23N5O4. The SMILES string of the molecule is COC(=O)CCCCOc1cccc(Cn2ncc3c(-c4ccco4)nc(N)nc32)c1. The quantitative estimate of drug-likeness (QED) is 0.322. The monoisotopic (exact) mass is 421 g/mol. The van der Waals surface area contributed by atoms with E-state index in [1.165, 1.54) is 7.11 Å². The molecular weight excluding hydrogens is 398 g/mol. The third-order valence-electron chi connectivity index (χ3n) is 4.77. The zero-order valence-corrected chi connectivity index (χ0v) is 17.2. The van der Waals surface area contributed by atoms with Crippen LogP contribution in [0.25, 0.3) is 22.5 Å². The molecule has 0 bridgehead atoms. The summed E-state index contributed by atoms with van der Waals surface area (Å²) in [5.41, 5.74) is 8.18. The van der Waals surface area contributed by atoms with Crippen molar-refractivity contribution < 1.29 is 18.7 Å². The van der Waals surface area contributed by atoms with Crippen molar-refractivity contribution in [2.75, 3.05) is 19.5 Å². The van der Waals surface area contributed by atoms with Crippen molar-refractivity contribution >= 4 is 23.0 Å². The lowest BCUT2D eigenvalue weighted by molar-refractivity contribution is -0.140. The molecule has 0 radical (unpaired) electrons. The first kappa shape index (κ1) is 20.4. The Hall–Kier alpha value is -3.88. The number of hydrogen-bond donors (Lipinski definition) is 1. The number of esters is 1. The smallest absolute Gasteiger partial charge is 0.305 e. The molecule has 0 aliphatic heterocycles. The van der Waals surface area contributed by atoms with E-state index in [9.17, 15) is 4.79 Å². The van der Waals surface area contributed by atoms with Gasteiger partial charge in [0.2, 0.25) is 5.95 Å². The highest BCUT2D eigenvalue weighted by atomic mass is 16.5. The number of methoxy groups -OCH3 is 1. The van der Waals surface area contributed by atoms with Gasteiger partial charge in [-0.05, 0) is 42.7 Å². The van der Waals surface area contributed by atoms with E-state index >= 15 is 0 Å². The molecule has 9 nitrogen and oxygen atoms in total. The minimum atomic E-state index is -0.201. The summed E-state index contributed by atoms with van der Waals surface area (Å²) in [5.74, 6) is 1.33. The van der Waals surface area contributed by atoms with E-state index in [-0.39, 0.29) is 11.9 Å². The Morgan fingerprint density at radius 3 is 2.90 bits per heavy atom. The van der Waals surface area contributed by atoms with Crippen molar-refractivity contribution in [1.29, 1.82) is 0 Å². The first-order chi connectivity index (χ1) is 15.1. The van der Waals surface area contributed by atoms with E-state index in [1.54, 1.807) is 23.2 Å². The van der Waals surface area contributed by atoms with Crippen LogP contribution in [0.2, 0.25) is 0 Å². The van der Waals surface area contributed by atoms with Gasteiger partial charge in [-0.3, -0.25) is 4.79 Å². The van der Waals surface area contributed by atoms with Gasteiger partial charge in [0.15, 0.2) is 11.4 Å². The third-order valence-corrected chi connectivity index (χ3v) is 4.77. The van der Waals surface area contributed by atoms with Gasteiger partial charge >= 0.3 is 5.97 Å². The molecule has 1 aromatic carbocycles. The highest BCUT2D eigenvalue weighted by Gasteiger charge is 2.15. The molecule has 0 amide bonds.